The minimum absolute atomic E-state index is 0.164. The minimum atomic E-state index is -1.51. The van der Waals surface area contributed by atoms with Gasteiger partial charge in [0.2, 0.25) is 12.2 Å². The summed E-state index contributed by atoms with van der Waals surface area (Å²) in [4.78, 5) is 71.4. The largest absolute Gasteiger partial charge is 0.463 e. The van der Waals surface area contributed by atoms with Crippen LogP contribution in [0.5, 0.6) is 5.75 Å². The van der Waals surface area contributed by atoms with Crippen molar-refractivity contribution in [3.8, 4) is 5.75 Å². The molecule has 1 saturated heterocycles. The fourth-order valence-corrected chi connectivity index (χ4v) is 3.63. The minimum Gasteiger partial charge on any atom is -0.463 e. The van der Waals surface area contributed by atoms with Crippen LogP contribution in [-0.4, -0.2) is 73.0 Å². The van der Waals surface area contributed by atoms with Crippen molar-refractivity contribution < 1.29 is 57.2 Å². The Kier molecular flexibility index (Phi) is 10.5. The Hall–Kier alpha value is -4.00. The smallest absolute Gasteiger partial charge is 0.308 e. The molecule has 0 aliphatic carbocycles. The van der Waals surface area contributed by atoms with E-state index in [2.05, 4.69) is 5.32 Å². The molecule has 1 aromatic carbocycles. The van der Waals surface area contributed by atoms with Gasteiger partial charge in [0.1, 0.15) is 24.5 Å². The van der Waals surface area contributed by atoms with E-state index in [4.69, 9.17) is 28.4 Å². The topological polar surface area (TPSA) is 170 Å². The Labute approximate surface area is 212 Å². The van der Waals surface area contributed by atoms with Gasteiger partial charge in [-0.15, -0.1) is 0 Å². The van der Waals surface area contributed by atoms with Gasteiger partial charge in [-0.25, -0.2) is 0 Å². The van der Waals surface area contributed by atoms with Gasteiger partial charge in [0.05, 0.1) is 6.42 Å². The van der Waals surface area contributed by atoms with Crippen molar-refractivity contribution in [1.82, 2.24) is 5.32 Å². The Balaban J connectivity index is 2.40. The first kappa shape index (κ1) is 29.2. The van der Waals surface area contributed by atoms with Gasteiger partial charge in [-0.3, -0.25) is 28.8 Å². The molecule has 0 saturated carbocycles. The summed E-state index contributed by atoms with van der Waals surface area (Å²) in [5.74, 6) is -4.09. The van der Waals surface area contributed by atoms with E-state index in [0.717, 1.165) is 27.7 Å². The summed E-state index contributed by atoms with van der Waals surface area (Å²) >= 11 is 0. The number of para-hydroxylation sites is 1. The first-order valence-corrected chi connectivity index (χ1v) is 11.2. The molecule has 1 N–H and O–H groups in total. The lowest BCUT2D eigenvalue weighted by molar-refractivity contribution is -0.271. The first-order chi connectivity index (χ1) is 17.4. The maximum absolute atomic E-state index is 13.0. The molecule has 0 radical (unpaired) electrons. The average molecular weight is 523 g/mol. The zero-order chi connectivity index (χ0) is 27.7. The first-order valence-electron chi connectivity index (χ1n) is 11.2. The third-order valence-electron chi connectivity index (χ3n) is 4.89. The van der Waals surface area contributed by atoms with E-state index in [0.29, 0.717) is 5.56 Å². The van der Waals surface area contributed by atoms with Crippen molar-refractivity contribution in [2.24, 2.45) is 0 Å². The molecule has 13 nitrogen and oxygen atoms in total. The molecule has 0 bridgehead atoms. The Bertz CT molecular complexity index is 1040. The van der Waals surface area contributed by atoms with Crippen molar-refractivity contribution in [1.29, 1.82) is 0 Å². The number of carbonyl (C=O) groups is 6. The highest BCUT2D eigenvalue weighted by atomic mass is 16.7. The summed E-state index contributed by atoms with van der Waals surface area (Å²) < 4.78 is 31.8. The van der Waals surface area contributed by atoms with E-state index in [1.165, 1.54) is 13.0 Å². The van der Waals surface area contributed by atoms with Crippen LogP contribution in [0.25, 0.3) is 0 Å². The Morgan fingerprint density at radius 3 is 1.95 bits per heavy atom. The van der Waals surface area contributed by atoms with E-state index >= 15 is 0 Å². The van der Waals surface area contributed by atoms with Crippen LogP contribution < -0.4 is 10.1 Å². The van der Waals surface area contributed by atoms with Crippen LogP contribution in [0, 0.1) is 0 Å². The van der Waals surface area contributed by atoms with Gasteiger partial charge in [-0.1, -0.05) is 18.2 Å². The molecule has 1 aromatic rings. The van der Waals surface area contributed by atoms with Gasteiger partial charge in [0.15, 0.2) is 12.2 Å². The van der Waals surface area contributed by atoms with Gasteiger partial charge in [0.25, 0.3) is 0 Å². The second-order valence-corrected chi connectivity index (χ2v) is 8.07. The molecule has 2 rings (SSSR count). The zero-order valence-corrected chi connectivity index (χ0v) is 21.0. The molecule has 202 valence electrons. The number of carbonyl (C=O) groups excluding carboxylic acids is 6. The highest BCUT2D eigenvalue weighted by molar-refractivity contribution is 5.80. The van der Waals surface area contributed by atoms with Crippen molar-refractivity contribution in [2.45, 2.75) is 71.7 Å². The van der Waals surface area contributed by atoms with Gasteiger partial charge in [-0.2, -0.15) is 0 Å². The summed E-state index contributed by atoms with van der Waals surface area (Å²) in [6, 6.07) is 5.00. The number of amides is 1. The van der Waals surface area contributed by atoms with Gasteiger partial charge < -0.3 is 33.7 Å². The van der Waals surface area contributed by atoms with Crippen molar-refractivity contribution in [3.05, 3.63) is 29.8 Å². The molecule has 1 aliphatic heterocycles. The molecular formula is C24H29NO12. The van der Waals surface area contributed by atoms with Crippen molar-refractivity contribution in [2.75, 3.05) is 6.61 Å². The number of hydrogen-bond donors (Lipinski definition) is 1. The molecule has 5 atom stereocenters. The van der Waals surface area contributed by atoms with Crippen LogP contribution in [0.4, 0.5) is 0 Å². The zero-order valence-electron chi connectivity index (χ0n) is 21.0. The average Bonchev–Trinajstić information content (AvgIpc) is 2.76. The highest BCUT2D eigenvalue weighted by Gasteiger charge is 2.52. The predicted octanol–water partition coefficient (Wildman–Crippen LogP) is 0.354. The number of nitrogens with one attached hydrogen (secondary N) is 1. The normalized spacial score (nSPS) is 22.7. The third kappa shape index (κ3) is 9.18. The van der Waals surface area contributed by atoms with Crippen molar-refractivity contribution >= 4 is 35.8 Å². The van der Waals surface area contributed by atoms with Crippen molar-refractivity contribution in [3.63, 3.8) is 0 Å². The third-order valence-corrected chi connectivity index (χ3v) is 4.89. The molecule has 1 fully saturated rings. The quantitative estimate of drug-likeness (QED) is 0.268. The summed E-state index contributed by atoms with van der Waals surface area (Å²) in [5, 5.41) is 2.59. The van der Waals surface area contributed by atoms with Crippen LogP contribution in [0.3, 0.4) is 0 Å². The lowest BCUT2D eigenvalue weighted by Gasteiger charge is -2.44. The van der Waals surface area contributed by atoms with Crippen LogP contribution >= 0.6 is 0 Å². The standard InChI is InChI=1S/C24H29NO12/c1-12(26)32-11-19-22(34-14(3)28)23(35-15(4)29)21(24(37-19)36-16(5)30)25-20(31)10-17-8-6-7-9-18(17)33-13(2)27/h6-9,19,21-24H,10-11H2,1-5H3,(H,25,31)/t19-,21+,22+,23+,24-/m0/s1. The van der Waals surface area contributed by atoms with Gasteiger partial charge in [-0.05, 0) is 6.07 Å². The van der Waals surface area contributed by atoms with E-state index in [9.17, 15) is 28.8 Å². The lowest BCUT2D eigenvalue weighted by Crippen LogP contribution is -2.67. The fourth-order valence-electron chi connectivity index (χ4n) is 3.63. The summed E-state index contributed by atoms with van der Waals surface area (Å²) in [6.45, 7) is 5.22. The molecular weight excluding hydrogens is 494 g/mol. The maximum Gasteiger partial charge on any atom is 0.308 e. The summed E-state index contributed by atoms with van der Waals surface area (Å²) in [5.41, 5.74) is 0.365. The van der Waals surface area contributed by atoms with E-state index in [1.54, 1.807) is 18.2 Å². The number of benzene rings is 1. The molecule has 0 unspecified atom stereocenters. The summed E-state index contributed by atoms with van der Waals surface area (Å²) in [6.07, 6.45) is -5.74. The monoisotopic (exact) mass is 523 g/mol. The van der Waals surface area contributed by atoms with Crippen LogP contribution in [0.1, 0.15) is 40.2 Å². The number of ether oxygens (including phenoxy) is 6. The highest BCUT2D eigenvalue weighted by Crippen LogP contribution is 2.28. The number of rotatable bonds is 9. The van der Waals surface area contributed by atoms with Crippen LogP contribution in [-0.2, 0) is 58.9 Å². The molecule has 13 heteroatoms. The maximum atomic E-state index is 13.0. The van der Waals surface area contributed by atoms with Crippen LogP contribution in [0.2, 0.25) is 0 Å². The molecule has 1 aliphatic rings. The fraction of sp³-hybridized carbons (Fsp3) is 0.500. The lowest BCUT2D eigenvalue weighted by atomic mass is 9.95. The Morgan fingerprint density at radius 1 is 0.784 bits per heavy atom. The molecule has 0 spiro atoms. The van der Waals surface area contributed by atoms with Gasteiger partial charge >= 0.3 is 29.8 Å². The molecule has 1 heterocycles. The number of hydrogen-bond acceptors (Lipinski definition) is 12. The predicted molar refractivity (Wildman–Crippen MR) is 122 cm³/mol. The van der Waals surface area contributed by atoms with E-state index in [-0.39, 0.29) is 12.2 Å². The number of esters is 5. The van der Waals surface area contributed by atoms with E-state index in [1.807, 2.05) is 0 Å². The second kappa shape index (κ2) is 13.3. The Morgan fingerprint density at radius 2 is 1.38 bits per heavy atom. The molecule has 1 amide bonds. The molecule has 0 aromatic heterocycles. The second-order valence-electron chi connectivity index (χ2n) is 8.07. The van der Waals surface area contributed by atoms with Gasteiger partial charge in [0, 0.05) is 40.2 Å². The molecule has 37 heavy (non-hydrogen) atoms. The van der Waals surface area contributed by atoms with E-state index < -0.39 is 73.0 Å². The van der Waals surface area contributed by atoms with Crippen LogP contribution in [0.15, 0.2) is 24.3 Å². The summed E-state index contributed by atoms with van der Waals surface area (Å²) in [7, 11) is 0. The SMILES string of the molecule is CC(=O)OC[C@@H]1O[C@H](OC(C)=O)[C@H](NC(=O)Cc2ccccc2OC(C)=O)[C@@H](OC(C)=O)[C@@H]1OC(C)=O.